The molecule has 0 saturated carbocycles. The smallest absolute Gasteiger partial charge is 0.119 e. The molecule has 2 aromatic rings. The molecule has 1 unspecified atom stereocenters. The quantitative estimate of drug-likeness (QED) is 0.472. The van der Waals surface area contributed by atoms with Crippen LogP contribution in [0.15, 0.2) is 57.9 Å². The van der Waals surface area contributed by atoms with E-state index in [0.717, 1.165) is 21.5 Å². The van der Waals surface area contributed by atoms with Crippen LogP contribution in [0.4, 0.5) is 0 Å². The van der Waals surface area contributed by atoms with Gasteiger partial charge in [0.05, 0.1) is 13.2 Å². The first-order valence-electron chi connectivity index (χ1n) is 6.22. The highest BCUT2D eigenvalue weighted by molar-refractivity contribution is 9.10. The van der Waals surface area contributed by atoms with Crippen LogP contribution in [0.25, 0.3) is 0 Å². The monoisotopic (exact) mass is 352 g/mol. The van der Waals surface area contributed by atoms with E-state index in [2.05, 4.69) is 27.4 Å². The Hall–Kier alpha value is -1.01. The first-order valence-corrected chi connectivity index (χ1v) is 8.00. The molecule has 0 radical (unpaired) electrons. The summed E-state index contributed by atoms with van der Waals surface area (Å²) in [6.45, 7) is 0. The normalized spacial score (nSPS) is 12.2. The van der Waals surface area contributed by atoms with Gasteiger partial charge in [-0.05, 0) is 45.8 Å². The van der Waals surface area contributed by atoms with Gasteiger partial charge in [-0.15, -0.1) is 11.8 Å². The summed E-state index contributed by atoms with van der Waals surface area (Å²) in [4.78, 5) is 1.20. The largest absolute Gasteiger partial charge is 0.497 e. The third-order valence-electron chi connectivity index (χ3n) is 2.94. The molecule has 0 saturated heterocycles. The Balaban J connectivity index is 2.07. The average molecular weight is 353 g/mol. The van der Waals surface area contributed by atoms with Crippen molar-refractivity contribution >= 4 is 27.7 Å². The van der Waals surface area contributed by atoms with Crippen LogP contribution in [0.5, 0.6) is 5.75 Å². The maximum Gasteiger partial charge on any atom is 0.119 e. The van der Waals surface area contributed by atoms with Gasteiger partial charge in [-0.3, -0.25) is 11.3 Å². The molecule has 0 aromatic heterocycles. The highest BCUT2D eigenvalue weighted by Crippen LogP contribution is 2.30. The number of nitrogens with two attached hydrogens (primary N) is 1. The summed E-state index contributed by atoms with van der Waals surface area (Å²) in [5.41, 5.74) is 3.98. The number of benzene rings is 2. The minimum Gasteiger partial charge on any atom is -0.497 e. The van der Waals surface area contributed by atoms with Crippen molar-refractivity contribution in [3.8, 4) is 5.75 Å². The minimum atomic E-state index is 0.0715. The third kappa shape index (κ3) is 3.99. The van der Waals surface area contributed by atoms with E-state index in [-0.39, 0.29) is 6.04 Å². The zero-order valence-corrected chi connectivity index (χ0v) is 13.6. The van der Waals surface area contributed by atoms with E-state index < -0.39 is 0 Å². The van der Waals surface area contributed by atoms with Gasteiger partial charge >= 0.3 is 0 Å². The van der Waals surface area contributed by atoms with E-state index in [4.69, 9.17) is 10.6 Å². The van der Waals surface area contributed by atoms with Crippen LogP contribution in [0.1, 0.15) is 11.6 Å². The lowest BCUT2D eigenvalue weighted by Crippen LogP contribution is -2.29. The van der Waals surface area contributed by atoms with Gasteiger partial charge in [0.2, 0.25) is 0 Å². The van der Waals surface area contributed by atoms with Crippen molar-refractivity contribution in [3.63, 3.8) is 0 Å². The summed E-state index contributed by atoms with van der Waals surface area (Å²) in [5, 5.41) is 0. The van der Waals surface area contributed by atoms with Crippen LogP contribution in [0.2, 0.25) is 0 Å². The Kier molecular flexibility index (Phi) is 5.91. The third-order valence-corrected chi connectivity index (χ3v) is 5.06. The molecule has 3 nitrogen and oxygen atoms in total. The van der Waals surface area contributed by atoms with Gasteiger partial charge in [0.15, 0.2) is 0 Å². The van der Waals surface area contributed by atoms with Crippen LogP contribution in [0, 0.1) is 0 Å². The summed E-state index contributed by atoms with van der Waals surface area (Å²) in [6.07, 6.45) is 0. The molecule has 0 aliphatic rings. The van der Waals surface area contributed by atoms with Gasteiger partial charge in [0.1, 0.15) is 5.75 Å². The second kappa shape index (κ2) is 7.69. The SMILES string of the molecule is COc1cccc(C(CSc2ccccc2Br)NN)c1. The van der Waals surface area contributed by atoms with Crippen molar-refractivity contribution in [3.05, 3.63) is 58.6 Å². The molecule has 0 bridgehead atoms. The minimum absolute atomic E-state index is 0.0715. The molecule has 0 spiro atoms. The molecular weight excluding hydrogens is 336 g/mol. The number of hydrazine groups is 1. The fourth-order valence-corrected chi connectivity index (χ4v) is 3.48. The fraction of sp³-hybridized carbons (Fsp3) is 0.200. The Morgan fingerprint density at radius 1 is 1.25 bits per heavy atom. The predicted molar refractivity (Wildman–Crippen MR) is 87.9 cm³/mol. The summed E-state index contributed by atoms with van der Waals surface area (Å²) in [6, 6.07) is 16.2. The molecule has 2 aromatic carbocycles. The molecular formula is C15H17BrN2OS. The van der Waals surface area contributed by atoms with Crippen LogP contribution < -0.4 is 16.0 Å². The number of hydrogen-bond donors (Lipinski definition) is 2. The molecule has 2 rings (SSSR count). The number of hydrogen-bond acceptors (Lipinski definition) is 4. The van der Waals surface area contributed by atoms with E-state index >= 15 is 0 Å². The van der Waals surface area contributed by atoms with Crippen molar-refractivity contribution in [2.24, 2.45) is 5.84 Å². The van der Waals surface area contributed by atoms with E-state index in [1.54, 1.807) is 18.9 Å². The Morgan fingerprint density at radius 3 is 2.75 bits per heavy atom. The molecule has 0 heterocycles. The van der Waals surface area contributed by atoms with Crippen molar-refractivity contribution in [1.29, 1.82) is 0 Å². The molecule has 20 heavy (non-hydrogen) atoms. The molecule has 0 amide bonds. The molecule has 106 valence electrons. The van der Waals surface area contributed by atoms with Crippen molar-refractivity contribution in [1.82, 2.24) is 5.43 Å². The van der Waals surface area contributed by atoms with Gasteiger partial charge in [-0.25, -0.2) is 0 Å². The predicted octanol–water partition coefficient (Wildman–Crippen LogP) is 3.75. The number of rotatable bonds is 6. The van der Waals surface area contributed by atoms with Gasteiger partial charge in [0, 0.05) is 15.1 Å². The molecule has 1 atom stereocenters. The lowest BCUT2D eigenvalue weighted by molar-refractivity contribution is 0.413. The summed E-state index contributed by atoms with van der Waals surface area (Å²) in [7, 11) is 1.67. The molecule has 3 N–H and O–H groups in total. The maximum atomic E-state index is 5.68. The van der Waals surface area contributed by atoms with Crippen molar-refractivity contribution in [2.75, 3.05) is 12.9 Å². The maximum absolute atomic E-state index is 5.68. The molecule has 0 fully saturated rings. The number of ether oxygens (including phenoxy) is 1. The second-order valence-electron chi connectivity index (χ2n) is 4.24. The summed E-state index contributed by atoms with van der Waals surface area (Å²) < 4.78 is 6.35. The zero-order valence-electron chi connectivity index (χ0n) is 11.2. The highest BCUT2D eigenvalue weighted by atomic mass is 79.9. The average Bonchev–Trinajstić information content (AvgIpc) is 2.50. The van der Waals surface area contributed by atoms with E-state index in [1.807, 2.05) is 42.5 Å². The number of halogens is 1. The molecule has 0 aliphatic heterocycles. The van der Waals surface area contributed by atoms with Crippen molar-refractivity contribution < 1.29 is 4.74 Å². The van der Waals surface area contributed by atoms with Crippen LogP contribution in [-0.4, -0.2) is 12.9 Å². The summed E-state index contributed by atoms with van der Waals surface area (Å²) in [5.74, 6) is 7.36. The van der Waals surface area contributed by atoms with Gasteiger partial charge in [-0.2, -0.15) is 0 Å². The Labute approximate surface area is 132 Å². The van der Waals surface area contributed by atoms with Crippen LogP contribution >= 0.6 is 27.7 Å². The topological polar surface area (TPSA) is 47.3 Å². The van der Waals surface area contributed by atoms with Crippen LogP contribution in [0.3, 0.4) is 0 Å². The first-order chi connectivity index (χ1) is 9.74. The number of nitrogens with one attached hydrogen (secondary N) is 1. The zero-order chi connectivity index (χ0) is 14.4. The molecule has 5 heteroatoms. The standard InChI is InChI=1S/C15H17BrN2OS/c1-19-12-6-4-5-11(9-12)14(18-17)10-20-15-8-3-2-7-13(15)16/h2-9,14,18H,10,17H2,1H3. The van der Waals surface area contributed by atoms with E-state index in [9.17, 15) is 0 Å². The number of methoxy groups -OCH3 is 1. The van der Waals surface area contributed by atoms with Gasteiger partial charge in [0.25, 0.3) is 0 Å². The second-order valence-corrected chi connectivity index (χ2v) is 6.15. The van der Waals surface area contributed by atoms with Crippen molar-refractivity contribution in [2.45, 2.75) is 10.9 Å². The summed E-state index contributed by atoms with van der Waals surface area (Å²) >= 11 is 5.31. The lowest BCUT2D eigenvalue weighted by atomic mass is 10.1. The first kappa shape index (κ1) is 15.4. The van der Waals surface area contributed by atoms with Gasteiger partial charge in [-0.1, -0.05) is 24.3 Å². The Bertz CT molecular complexity index is 565. The lowest BCUT2D eigenvalue weighted by Gasteiger charge is -2.17. The number of thioether (sulfide) groups is 1. The van der Waals surface area contributed by atoms with E-state index in [0.29, 0.717) is 0 Å². The van der Waals surface area contributed by atoms with Gasteiger partial charge < -0.3 is 4.74 Å². The molecule has 0 aliphatic carbocycles. The van der Waals surface area contributed by atoms with E-state index in [1.165, 1.54) is 4.90 Å². The highest BCUT2D eigenvalue weighted by Gasteiger charge is 2.12. The fourth-order valence-electron chi connectivity index (χ4n) is 1.83. The Morgan fingerprint density at radius 2 is 2.05 bits per heavy atom. The van der Waals surface area contributed by atoms with Crippen LogP contribution in [-0.2, 0) is 0 Å².